The Bertz CT molecular complexity index is 177. The fourth-order valence-electron chi connectivity index (χ4n) is 1.29. The maximum absolute atomic E-state index is 5.78. The van der Waals surface area contributed by atoms with Gasteiger partial charge in [0.25, 0.3) is 0 Å². The van der Waals surface area contributed by atoms with E-state index in [4.69, 9.17) is 4.43 Å². The highest BCUT2D eigenvalue weighted by atomic mass is 79.9. The van der Waals surface area contributed by atoms with Crippen molar-refractivity contribution in [3.63, 3.8) is 0 Å². The molecule has 4 heteroatoms. The van der Waals surface area contributed by atoms with Gasteiger partial charge in [-0.1, -0.05) is 31.9 Å². The largest absolute Gasteiger partial charge is 0.418 e. The van der Waals surface area contributed by atoms with Crippen LogP contribution in [-0.2, 0) is 4.43 Å². The molecule has 0 spiro atoms. The minimum atomic E-state index is -1.27. The molecule has 0 radical (unpaired) electrons. The normalized spacial score (nSPS) is 26.1. The van der Waals surface area contributed by atoms with Crippen LogP contribution in [0.4, 0.5) is 0 Å². The number of halogens is 2. The fourth-order valence-corrected chi connectivity index (χ4v) is 3.29. The van der Waals surface area contributed by atoms with Crippen molar-refractivity contribution in [2.45, 2.75) is 42.1 Å². The molecule has 1 atom stereocenters. The van der Waals surface area contributed by atoms with Gasteiger partial charge >= 0.3 is 0 Å². The molecule has 0 bridgehead atoms. The Labute approximate surface area is 99.0 Å². The van der Waals surface area contributed by atoms with Gasteiger partial charge in [-0.25, -0.2) is 0 Å². The molecule has 1 nitrogen and oxygen atoms in total. The van der Waals surface area contributed by atoms with Gasteiger partial charge in [-0.2, -0.15) is 0 Å². The molecule has 0 amide bonds. The molecular weight excluding hydrogens is 312 g/mol. The third-order valence-corrected chi connectivity index (χ3v) is 5.20. The Morgan fingerprint density at radius 3 is 2.31 bits per heavy atom. The highest BCUT2D eigenvalue weighted by Gasteiger charge is 2.49. The minimum Gasteiger partial charge on any atom is -0.418 e. The molecule has 1 fully saturated rings. The van der Waals surface area contributed by atoms with E-state index in [1.165, 1.54) is 19.3 Å². The summed E-state index contributed by atoms with van der Waals surface area (Å²) in [6.45, 7) is 7.67. The first-order valence-electron chi connectivity index (χ1n) is 4.83. The van der Waals surface area contributed by atoms with Gasteiger partial charge in [-0.05, 0) is 44.8 Å². The summed E-state index contributed by atoms with van der Waals surface area (Å²) in [6, 6.07) is 0. The smallest absolute Gasteiger partial charge is 0.183 e. The summed E-state index contributed by atoms with van der Waals surface area (Å²) in [5, 5.41) is 0. The number of hydrogen-bond donors (Lipinski definition) is 0. The summed E-state index contributed by atoms with van der Waals surface area (Å²) in [4.78, 5) is 0. The van der Waals surface area contributed by atoms with E-state index in [1.54, 1.807) is 0 Å². The molecule has 0 aromatic heterocycles. The third-order valence-electron chi connectivity index (χ3n) is 2.19. The molecule has 0 aromatic rings. The lowest BCUT2D eigenvalue weighted by Gasteiger charge is -2.16. The molecule has 13 heavy (non-hydrogen) atoms. The topological polar surface area (TPSA) is 9.23 Å². The van der Waals surface area contributed by atoms with Gasteiger partial charge in [0.2, 0.25) is 0 Å². The highest BCUT2D eigenvalue weighted by molar-refractivity contribution is 9.25. The van der Waals surface area contributed by atoms with Crippen LogP contribution < -0.4 is 0 Å². The molecular formula is C9H18Br2OSi. The van der Waals surface area contributed by atoms with Crippen molar-refractivity contribution in [2.75, 3.05) is 6.61 Å². The van der Waals surface area contributed by atoms with Crippen molar-refractivity contribution in [3.8, 4) is 0 Å². The van der Waals surface area contributed by atoms with Crippen molar-refractivity contribution in [2.24, 2.45) is 5.92 Å². The van der Waals surface area contributed by atoms with Gasteiger partial charge in [-0.3, -0.25) is 0 Å². The summed E-state index contributed by atoms with van der Waals surface area (Å²) in [7, 11) is -1.27. The van der Waals surface area contributed by atoms with Crippen LogP contribution in [0.15, 0.2) is 0 Å². The highest BCUT2D eigenvalue weighted by Crippen LogP contribution is 2.58. The van der Waals surface area contributed by atoms with Gasteiger partial charge < -0.3 is 4.43 Å². The Morgan fingerprint density at radius 2 is 1.92 bits per heavy atom. The van der Waals surface area contributed by atoms with Crippen LogP contribution in [-0.4, -0.2) is 18.2 Å². The van der Waals surface area contributed by atoms with E-state index in [0.29, 0.717) is 0 Å². The second-order valence-corrected chi connectivity index (χ2v) is 13.2. The number of hydrogen-bond acceptors (Lipinski definition) is 1. The molecule has 1 rings (SSSR count). The van der Waals surface area contributed by atoms with Gasteiger partial charge in [-0.15, -0.1) is 0 Å². The lowest BCUT2D eigenvalue weighted by Crippen LogP contribution is -2.25. The van der Waals surface area contributed by atoms with Crippen molar-refractivity contribution in [3.05, 3.63) is 0 Å². The quantitative estimate of drug-likeness (QED) is 0.419. The average Bonchev–Trinajstić information content (AvgIpc) is 2.50. The zero-order valence-electron chi connectivity index (χ0n) is 8.57. The van der Waals surface area contributed by atoms with Crippen LogP contribution in [0.2, 0.25) is 19.6 Å². The fraction of sp³-hybridized carbons (Fsp3) is 1.00. The van der Waals surface area contributed by atoms with Crippen LogP contribution >= 0.6 is 31.9 Å². The Morgan fingerprint density at radius 1 is 1.38 bits per heavy atom. The van der Waals surface area contributed by atoms with Crippen LogP contribution in [0.1, 0.15) is 19.3 Å². The van der Waals surface area contributed by atoms with E-state index in [1.807, 2.05) is 0 Å². The standard InChI is InChI=1S/C9H18Br2OSi/c1-13(2,3)12-6-4-5-8-7-9(8,10)11/h8H,4-7H2,1-3H3. The predicted molar refractivity (Wildman–Crippen MR) is 67.2 cm³/mol. The second kappa shape index (κ2) is 4.33. The second-order valence-electron chi connectivity index (χ2n) is 4.77. The first-order chi connectivity index (χ1) is 5.81. The van der Waals surface area contributed by atoms with E-state index in [2.05, 4.69) is 51.5 Å². The summed E-state index contributed by atoms with van der Waals surface area (Å²) in [6.07, 6.45) is 3.74. The number of rotatable bonds is 5. The molecule has 0 saturated heterocycles. The zero-order chi connectivity index (χ0) is 10.1. The van der Waals surface area contributed by atoms with Crippen molar-refractivity contribution in [1.82, 2.24) is 0 Å². The van der Waals surface area contributed by atoms with Crippen molar-refractivity contribution in [1.29, 1.82) is 0 Å². The monoisotopic (exact) mass is 328 g/mol. The van der Waals surface area contributed by atoms with E-state index >= 15 is 0 Å². The van der Waals surface area contributed by atoms with Crippen molar-refractivity contribution >= 4 is 40.2 Å². The Kier molecular flexibility index (Phi) is 4.07. The minimum absolute atomic E-state index is 0.277. The van der Waals surface area contributed by atoms with Crippen molar-refractivity contribution < 1.29 is 4.43 Å². The molecule has 1 aliphatic rings. The van der Waals surface area contributed by atoms with E-state index in [-0.39, 0.29) is 3.23 Å². The molecule has 0 aromatic carbocycles. The third kappa shape index (κ3) is 4.95. The molecule has 1 aliphatic carbocycles. The van der Waals surface area contributed by atoms with Crippen LogP contribution in [0.25, 0.3) is 0 Å². The molecule has 1 saturated carbocycles. The molecule has 1 unspecified atom stereocenters. The Balaban J connectivity index is 1.97. The van der Waals surface area contributed by atoms with Crippen LogP contribution in [0, 0.1) is 5.92 Å². The van der Waals surface area contributed by atoms with E-state index in [9.17, 15) is 0 Å². The van der Waals surface area contributed by atoms with Crippen LogP contribution in [0.5, 0.6) is 0 Å². The lowest BCUT2D eigenvalue weighted by atomic mass is 10.2. The summed E-state index contributed by atoms with van der Waals surface area (Å²) < 4.78 is 6.06. The first kappa shape index (κ1) is 12.2. The SMILES string of the molecule is C[Si](C)(C)OCCCC1CC1(Br)Br. The molecule has 0 N–H and O–H groups in total. The van der Waals surface area contributed by atoms with E-state index in [0.717, 1.165) is 12.5 Å². The predicted octanol–water partition coefficient (Wildman–Crippen LogP) is 4.12. The summed E-state index contributed by atoms with van der Waals surface area (Å²) in [5.74, 6) is 0.817. The average molecular weight is 330 g/mol. The lowest BCUT2D eigenvalue weighted by molar-refractivity contribution is 0.297. The van der Waals surface area contributed by atoms with Gasteiger partial charge in [0.05, 0.1) is 3.23 Å². The maximum Gasteiger partial charge on any atom is 0.183 e. The van der Waals surface area contributed by atoms with E-state index < -0.39 is 8.32 Å². The summed E-state index contributed by atoms with van der Waals surface area (Å²) >= 11 is 7.26. The summed E-state index contributed by atoms with van der Waals surface area (Å²) in [5.41, 5.74) is 0. The molecule has 78 valence electrons. The molecule has 0 aliphatic heterocycles. The zero-order valence-corrected chi connectivity index (χ0v) is 12.7. The molecule has 0 heterocycles. The van der Waals surface area contributed by atoms with Gasteiger partial charge in [0, 0.05) is 6.61 Å². The maximum atomic E-state index is 5.78. The van der Waals surface area contributed by atoms with Crippen LogP contribution in [0.3, 0.4) is 0 Å². The van der Waals surface area contributed by atoms with Gasteiger partial charge in [0.1, 0.15) is 0 Å². The number of alkyl halides is 2. The Hall–Kier alpha value is 1.14. The first-order valence-corrected chi connectivity index (χ1v) is 9.82. The van der Waals surface area contributed by atoms with Gasteiger partial charge in [0.15, 0.2) is 8.32 Å².